The first kappa shape index (κ1) is 18.1. The second-order valence-electron chi connectivity index (χ2n) is 5.52. The van der Waals surface area contributed by atoms with Gasteiger partial charge in [-0.15, -0.1) is 0 Å². The van der Waals surface area contributed by atoms with Crippen molar-refractivity contribution in [3.63, 3.8) is 0 Å². The number of carbonyl (C=O) groups is 2. The summed E-state index contributed by atoms with van der Waals surface area (Å²) in [5, 5.41) is 0.529. The molecule has 5 nitrogen and oxygen atoms in total. The maximum atomic E-state index is 12.9. The lowest BCUT2D eigenvalue weighted by molar-refractivity contribution is 0.0600. The average Bonchev–Trinajstić information content (AvgIpc) is 2.94. The van der Waals surface area contributed by atoms with E-state index in [4.69, 9.17) is 13.9 Å². The van der Waals surface area contributed by atoms with Crippen molar-refractivity contribution >= 4 is 38.7 Å². The molecule has 0 bridgehead atoms. The molecule has 1 aromatic heterocycles. The molecule has 26 heavy (non-hydrogen) atoms. The third kappa shape index (κ3) is 3.48. The van der Waals surface area contributed by atoms with Crippen LogP contribution in [-0.2, 0) is 4.74 Å². The molecule has 0 unspecified atom stereocenters. The summed E-state index contributed by atoms with van der Waals surface area (Å²) >= 11 is 3.36. The van der Waals surface area contributed by atoms with Crippen LogP contribution in [0.2, 0.25) is 0 Å². The average molecular weight is 421 g/mol. The van der Waals surface area contributed by atoms with Gasteiger partial charge in [-0.05, 0) is 59.3 Å². The lowest BCUT2D eigenvalue weighted by Gasteiger charge is -2.08. The number of hydrogen-bond donors (Lipinski definition) is 0. The fraction of sp³-hybridized carbons (Fsp3) is 0.158. The molecule has 0 aliphatic carbocycles. The number of esters is 1. The van der Waals surface area contributed by atoms with Gasteiger partial charge in [0, 0.05) is 10.9 Å². The van der Waals surface area contributed by atoms with Crippen molar-refractivity contribution < 1.29 is 27.9 Å². The molecule has 7 heteroatoms. The van der Waals surface area contributed by atoms with E-state index in [-0.39, 0.29) is 12.4 Å². The van der Waals surface area contributed by atoms with Crippen LogP contribution < -0.4 is 4.74 Å². The Balaban J connectivity index is 1.87. The number of methoxy groups -OCH3 is 1. The van der Waals surface area contributed by atoms with Gasteiger partial charge in [-0.25, -0.2) is 9.18 Å². The highest BCUT2D eigenvalue weighted by Gasteiger charge is 2.21. The first-order valence-corrected chi connectivity index (χ1v) is 8.42. The SMILES string of the molecule is COC(=O)c1c(C)oc2cc(Br)c(OCC(=O)c3ccc(F)cc3)cc12. The third-order valence-corrected chi connectivity index (χ3v) is 4.45. The third-order valence-electron chi connectivity index (χ3n) is 3.83. The van der Waals surface area contributed by atoms with Gasteiger partial charge in [0.25, 0.3) is 0 Å². The van der Waals surface area contributed by atoms with E-state index in [2.05, 4.69) is 15.9 Å². The highest BCUT2D eigenvalue weighted by molar-refractivity contribution is 9.10. The molecule has 0 amide bonds. The fourth-order valence-electron chi connectivity index (χ4n) is 2.55. The van der Waals surface area contributed by atoms with Gasteiger partial charge in [-0.1, -0.05) is 0 Å². The molecule has 2 aromatic carbocycles. The molecule has 3 aromatic rings. The van der Waals surface area contributed by atoms with E-state index in [1.54, 1.807) is 19.1 Å². The van der Waals surface area contributed by atoms with Crippen LogP contribution in [0, 0.1) is 12.7 Å². The normalized spacial score (nSPS) is 10.8. The summed E-state index contributed by atoms with van der Waals surface area (Å²) in [5.74, 6) is -0.427. The Morgan fingerprint density at radius 2 is 1.88 bits per heavy atom. The van der Waals surface area contributed by atoms with Gasteiger partial charge >= 0.3 is 5.97 Å². The van der Waals surface area contributed by atoms with Crippen LogP contribution in [0.25, 0.3) is 11.0 Å². The van der Waals surface area contributed by atoms with E-state index < -0.39 is 11.8 Å². The number of rotatable bonds is 5. The molecule has 1 heterocycles. The van der Waals surface area contributed by atoms with Gasteiger partial charge < -0.3 is 13.9 Å². The number of hydrogen-bond acceptors (Lipinski definition) is 5. The first-order chi connectivity index (χ1) is 12.4. The maximum absolute atomic E-state index is 12.9. The van der Waals surface area contributed by atoms with Crippen molar-refractivity contribution in [2.24, 2.45) is 0 Å². The summed E-state index contributed by atoms with van der Waals surface area (Å²) in [6, 6.07) is 8.49. The Labute approximate surface area is 156 Å². The molecule has 0 radical (unpaired) electrons. The fourth-order valence-corrected chi connectivity index (χ4v) is 2.99. The molecular formula is C19H14BrFO5. The van der Waals surface area contributed by atoms with E-state index in [0.29, 0.717) is 38.1 Å². The molecule has 0 saturated carbocycles. The van der Waals surface area contributed by atoms with E-state index in [9.17, 15) is 14.0 Å². The minimum atomic E-state index is -0.517. The van der Waals surface area contributed by atoms with Crippen LogP contribution in [0.4, 0.5) is 4.39 Å². The number of fused-ring (bicyclic) bond motifs is 1. The molecule has 0 atom stereocenters. The molecule has 0 fully saturated rings. The molecule has 3 rings (SSSR count). The van der Waals surface area contributed by atoms with Gasteiger partial charge in [-0.2, -0.15) is 0 Å². The van der Waals surface area contributed by atoms with Crippen molar-refractivity contribution in [3.8, 4) is 5.75 Å². The monoisotopic (exact) mass is 420 g/mol. The molecule has 0 aliphatic rings. The van der Waals surface area contributed by atoms with Gasteiger partial charge in [-0.3, -0.25) is 4.79 Å². The predicted molar refractivity (Wildman–Crippen MR) is 96.2 cm³/mol. The van der Waals surface area contributed by atoms with Crippen molar-refractivity contribution in [1.82, 2.24) is 0 Å². The van der Waals surface area contributed by atoms with E-state index in [1.165, 1.54) is 31.4 Å². The van der Waals surface area contributed by atoms with E-state index in [0.717, 1.165) is 0 Å². The van der Waals surface area contributed by atoms with Crippen molar-refractivity contribution in [3.05, 3.63) is 63.6 Å². The van der Waals surface area contributed by atoms with Gasteiger partial charge in [0.05, 0.1) is 11.6 Å². The molecular weight excluding hydrogens is 407 g/mol. The minimum Gasteiger partial charge on any atom is -0.484 e. The van der Waals surface area contributed by atoms with Crippen LogP contribution in [0.3, 0.4) is 0 Å². The zero-order valence-corrected chi connectivity index (χ0v) is 15.6. The lowest BCUT2D eigenvalue weighted by atomic mass is 10.1. The predicted octanol–water partition coefficient (Wildman–Crippen LogP) is 4.69. The summed E-state index contributed by atoms with van der Waals surface area (Å²) in [6.07, 6.45) is 0. The second kappa shape index (κ2) is 7.29. The first-order valence-electron chi connectivity index (χ1n) is 7.63. The summed E-state index contributed by atoms with van der Waals surface area (Å²) in [7, 11) is 1.29. The standard InChI is InChI=1S/C19H14BrFO5/c1-10-18(19(23)24-2)13-7-17(14(20)8-16(13)26-10)25-9-15(22)11-3-5-12(21)6-4-11/h3-8H,9H2,1-2H3. The number of halogens is 2. The Hall–Kier alpha value is -2.67. The van der Waals surface area contributed by atoms with E-state index in [1.807, 2.05) is 0 Å². The number of aryl methyl sites for hydroxylation is 1. The topological polar surface area (TPSA) is 65.7 Å². The smallest absolute Gasteiger partial charge is 0.342 e. The number of benzene rings is 2. The Morgan fingerprint density at radius 3 is 2.54 bits per heavy atom. The Morgan fingerprint density at radius 1 is 1.19 bits per heavy atom. The van der Waals surface area contributed by atoms with Crippen molar-refractivity contribution in [1.29, 1.82) is 0 Å². The molecule has 0 saturated heterocycles. The number of ether oxygens (including phenoxy) is 2. The van der Waals surface area contributed by atoms with Crippen molar-refractivity contribution in [2.45, 2.75) is 6.92 Å². The van der Waals surface area contributed by atoms with Crippen LogP contribution in [0.1, 0.15) is 26.5 Å². The summed E-state index contributed by atoms with van der Waals surface area (Å²) in [5.41, 5.74) is 1.15. The second-order valence-corrected chi connectivity index (χ2v) is 6.38. The molecule has 0 spiro atoms. The van der Waals surface area contributed by atoms with Crippen molar-refractivity contribution in [2.75, 3.05) is 13.7 Å². The largest absolute Gasteiger partial charge is 0.484 e. The Kier molecular flexibility index (Phi) is 5.08. The lowest BCUT2D eigenvalue weighted by Crippen LogP contribution is -2.11. The summed E-state index contributed by atoms with van der Waals surface area (Å²) in [4.78, 5) is 24.1. The zero-order valence-electron chi connectivity index (χ0n) is 14.0. The Bertz CT molecular complexity index is 991. The number of ketones is 1. The quantitative estimate of drug-likeness (QED) is 0.442. The van der Waals surface area contributed by atoms with E-state index >= 15 is 0 Å². The molecule has 134 valence electrons. The summed E-state index contributed by atoms with van der Waals surface area (Å²) < 4.78 is 29.5. The molecule has 0 N–H and O–H groups in total. The molecule has 0 aliphatic heterocycles. The van der Waals surface area contributed by atoms with Gasteiger partial charge in [0.2, 0.25) is 0 Å². The minimum absolute atomic E-state index is 0.236. The van der Waals surface area contributed by atoms with Crippen LogP contribution in [0.5, 0.6) is 5.75 Å². The number of furan rings is 1. The number of carbonyl (C=O) groups excluding carboxylic acids is 2. The van der Waals surface area contributed by atoms with Crippen LogP contribution in [-0.4, -0.2) is 25.5 Å². The van der Waals surface area contributed by atoms with Gasteiger partial charge in [0.1, 0.15) is 28.5 Å². The van der Waals surface area contributed by atoms with Gasteiger partial charge in [0.15, 0.2) is 12.4 Å². The van der Waals surface area contributed by atoms with Crippen LogP contribution >= 0.6 is 15.9 Å². The summed E-state index contributed by atoms with van der Waals surface area (Å²) in [6.45, 7) is 1.43. The maximum Gasteiger partial charge on any atom is 0.342 e. The zero-order chi connectivity index (χ0) is 18.8. The highest BCUT2D eigenvalue weighted by atomic mass is 79.9. The highest BCUT2D eigenvalue weighted by Crippen LogP contribution is 2.35. The number of Topliss-reactive ketones (excluding diaryl/α,β-unsaturated/α-hetero) is 1. The van der Waals surface area contributed by atoms with Crippen LogP contribution in [0.15, 0.2) is 45.3 Å².